The summed E-state index contributed by atoms with van der Waals surface area (Å²) in [5.41, 5.74) is 1.57. The monoisotopic (exact) mass is 497 g/mol. The number of aromatic hydroxyl groups is 1. The van der Waals surface area contributed by atoms with Crippen molar-refractivity contribution in [3.63, 3.8) is 0 Å². The lowest BCUT2D eigenvalue weighted by Crippen LogP contribution is -2.31. The van der Waals surface area contributed by atoms with E-state index in [4.69, 9.17) is 9.47 Å². The highest BCUT2D eigenvalue weighted by Gasteiger charge is 2.24. The lowest BCUT2D eigenvalue weighted by Gasteiger charge is -2.18. The lowest BCUT2D eigenvalue weighted by atomic mass is 10.0. The molecule has 4 N–H and O–H groups in total. The number of pyridine rings is 1. The quantitative estimate of drug-likeness (QED) is 0.273. The number of aliphatic carboxylic acids is 1. The van der Waals surface area contributed by atoms with Gasteiger partial charge in [-0.2, -0.15) is 0 Å². The Bertz CT molecular complexity index is 1460. The second-order valence-electron chi connectivity index (χ2n) is 7.69. The van der Waals surface area contributed by atoms with Crippen molar-refractivity contribution in [3.05, 3.63) is 66.6 Å². The fourth-order valence-corrected chi connectivity index (χ4v) is 5.16. The largest absolute Gasteiger partial charge is 0.502 e. The fraction of sp³-hybridized carbons (Fsp3) is 0.167. The third-order valence-corrected chi connectivity index (χ3v) is 7.32. The molecule has 0 saturated carbocycles. The molecule has 0 amide bonds. The van der Waals surface area contributed by atoms with Gasteiger partial charge in [0.2, 0.25) is 15.6 Å². The van der Waals surface area contributed by atoms with Crippen LogP contribution in [0.4, 0.5) is 5.69 Å². The summed E-state index contributed by atoms with van der Waals surface area (Å²) < 4.78 is 36.6. The number of benzene rings is 2. The Hall–Kier alpha value is -4.25. The summed E-state index contributed by atoms with van der Waals surface area (Å²) >= 11 is 0. The standard InChI is InChI=1S/C24H23N3O7S/c1-33-20-10-14(11-21(34-2)23(20)28)9-19(24(29)30)27-15-3-4-18-17(12-15)22(13-26-18)35(31,32)16-5-7-25-8-6-16/h3-8,10-13,19,26-28H,9H2,1-2H3,(H,29,30)/t19-/m1/s1. The molecule has 0 aliphatic carbocycles. The molecule has 4 aromatic rings. The van der Waals surface area contributed by atoms with Gasteiger partial charge in [-0.15, -0.1) is 0 Å². The van der Waals surface area contributed by atoms with E-state index in [0.717, 1.165) is 0 Å². The van der Waals surface area contributed by atoms with E-state index in [2.05, 4.69) is 15.3 Å². The summed E-state index contributed by atoms with van der Waals surface area (Å²) in [5.74, 6) is -0.986. The Morgan fingerprint density at radius 1 is 1.09 bits per heavy atom. The highest BCUT2D eigenvalue weighted by Crippen LogP contribution is 2.37. The number of rotatable bonds is 9. The SMILES string of the molecule is COc1cc(C[C@@H](Nc2ccc3[nH]cc(S(=O)(=O)c4ccncc4)c3c2)C(=O)O)cc(OC)c1O. The maximum atomic E-state index is 13.1. The van der Waals surface area contributed by atoms with Crippen LogP contribution in [0.15, 0.2) is 70.8 Å². The lowest BCUT2D eigenvalue weighted by molar-refractivity contribution is -0.137. The molecule has 0 fully saturated rings. The van der Waals surface area contributed by atoms with Crippen molar-refractivity contribution in [2.75, 3.05) is 19.5 Å². The molecule has 2 aromatic heterocycles. The predicted molar refractivity (Wildman–Crippen MR) is 128 cm³/mol. The number of aromatic nitrogens is 2. The van der Waals surface area contributed by atoms with Crippen molar-refractivity contribution in [2.45, 2.75) is 22.3 Å². The van der Waals surface area contributed by atoms with Crippen molar-refractivity contribution < 1.29 is 32.9 Å². The minimum atomic E-state index is -3.82. The van der Waals surface area contributed by atoms with Crippen LogP contribution in [0.1, 0.15) is 5.56 Å². The van der Waals surface area contributed by atoms with Gasteiger partial charge in [-0.25, -0.2) is 13.2 Å². The van der Waals surface area contributed by atoms with E-state index < -0.39 is 21.8 Å². The molecule has 1 atom stereocenters. The number of sulfone groups is 1. The van der Waals surface area contributed by atoms with Crippen molar-refractivity contribution in [2.24, 2.45) is 0 Å². The molecule has 2 heterocycles. The van der Waals surface area contributed by atoms with Crippen LogP contribution in [0.5, 0.6) is 17.2 Å². The average molecular weight is 498 g/mol. The van der Waals surface area contributed by atoms with Gasteiger partial charge >= 0.3 is 5.97 Å². The normalized spacial score (nSPS) is 12.3. The van der Waals surface area contributed by atoms with Crippen LogP contribution in [0, 0.1) is 0 Å². The van der Waals surface area contributed by atoms with Crippen molar-refractivity contribution >= 4 is 32.4 Å². The molecule has 0 aliphatic heterocycles. The molecule has 0 spiro atoms. The van der Waals surface area contributed by atoms with Crippen LogP contribution in [0.2, 0.25) is 0 Å². The highest BCUT2D eigenvalue weighted by atomic mass is 32.2. The van der Waals surface area contributed by atoms with Crippen molar-refractivity contribution in [3.8, 4) is 17.2 Å². The molecule has 0 bridgehead atoms. The first kappa shape index (κ1) is 23.9. The van der Waals surface area contributed by atoms with Crippen LogP contribution in [-0.4, -0.2) is 54.8 Å². The molecule has 10 nitrogen and oxygen atoms in total. The Morgan fingerprint density at radius 2 is 1.74 bits per heavy atom. The number of anilines is 1. The third-order valence-electron chi connectivity index (χ3n) is 5.51. The maximum absolute atomic E-state index is 13.1. The molecule has 2 aromatic carbocycles. The van der Waals surface area contributed by atoms with Crippen LogP contribution >= 0.6 is 0 Å². The first-order valence-electron chi connectivity index (χ1n) is 10.4. The maximum Gasteiger partial charge on any atom is 0.326 e. The summed E-state index contributed by atoms with van der Waals surface area (Å²) in [6.07, 6.45) is 4.25. The molecule has 11 heteroatoms. The number of methoxy groups -OCH3 is 2. The van der Waals surface area contributed by atoms with Gasteiger partial charge in [-0.3, -0.25) is 4.98 Å². The number of ether oxygens (including phenoxy) is 2. The van der Waals surface area contributed by atoms with Gasteiger partial charge in [-0.1, -0.05) is 0 Å². The zero-order valence-corrected chi connectivity index (χ0v) is 19.7. The number of aromatic amines is 1. The van der Waals surface area contributed by atoms with Crippen LogP contribution in [0.25, 0.3) is 10.9 Å². The van der Waals surface area contributed by atoms with E-state index in [0.29, 0.717) is 22.2 Å². The van der Waals surface area contributed by atoms with Gasteiger partial charge < -0.3 is 30.0 Å². The van der Waals surface area contributed by atoms with Gasteiger partial charge in [-0.05, 0) is 48.0 Å². The second kappa shape index (κ2) is 9.55. The highest BCUT2D eigenvalue weighted by molar-refractivity contribution is 7.91. The molecule has 0 unspecified atom stereocenters. The summed E-state index contributed by atoms with van der Waals surface area (Å²) in [6, 6.07) is 9.76. The minimum Gasteiger partial charge on any atom is -0.502 e. The van der Waals surface area contributed by atoms with Gasteiger partial charge in [0.05, 0.1) is 24.0 Å². The number of hydrogen-bond acceptors (Lipinski definition) is 8. The first-order valence-corrected chi connectivity index (χ1v) is 11.9. The first-order chi connectivity index (χ1) is 16.7. The molecule has 0 aliphatic rings. The Balaban J connectivity index is 1.66. The van der Waals surface area contributed by atoms with Crippen molar-refractivity contribution in [1.29, 1.82) is 0 Å². The number of phenols is 1. The summed E-state index contributed by atoms with van der Waals surface area (Å²) in [5, 5.41) is 23.3. The van der Waals surface area contributed by atoms with Gasteiger partial charge in [0.15, 0.2) is 11.5 Å². The molecule has 182 valence electrons. The number of nitrogens with zero attached hydrogens (tertiary/aromatic N) is 1. The minimum absolute atomic E-state index is 0.0374. The summed E-state index contributed by atoms with van der Waals surface area (Å²) in [4.78, 5) is 19.0. The molecule has 0 radical (unpaired) electrons. The van der Waals surface area contributed by atoms with E-state index in [1.165, 1.54) is 57.1 Å². The number of nitrogens with one attached hydrogen (secondary N) is 2. The smallest absolute Gasteiger partial charge is 0.326 e. The third kappa shape index (κ3) is 4.71. The number of carboxylic acids is 1. The van der Waals surface area contributed by atoms with Crippen molar-refractivity contribution in [1.82, 2.24) is 9.97 Å². The van der Waals surface area contributed by atoms with Gasteiger partial charge in [0.1, 0.15) is 6.04 Å². The van der Waals surface area contributed by atoms with E-state index >= 15 is 0 Å². The number of phenolic OH excluding ortho intramolecular Hbond substituents is 1. The van der Waals surface area contributed by atoms with E-state index in [9.17, 15) is 23.4 Å². The molecule has 4 rings (SSSR count). The van der Waals surface area contributed by atoms with Gasteiger partial charge in [0.25, 0.3) is 0 Å². The zero-order valence-electron chi connectivity index (χ0n) is 18.8. The Morgan fingerprint density at radius 3 is 2.34 bits per heavy atom. The van der Waals surface area contributed by atoms with Crippen LogP contribution in [-0.2, 0) is 21.1 Å². The van der Waals surface area contributed by atoms with Gasteiger partial charge in [0, 0.05) is 41.6 Å². The zero-order chi connectivity index (χ0) is 25.2. The second-order valence-corrected chi connectivity index (χ2v) is 9.61. The Kier molecular flexibility index (Phi) is 6.52. The topological polar surface area (TPSA) is 151 Å². The number of carbonyl (C=O) groups is 1. The number of hydrogen-bond donors (Lipinski definition) is 4. The van der Waals surface area contributed by atoms with E-state index in [1.54, 1.807) is 18.2 Å². The van der Waals surface area contributed by atoms with Crippen LogP contribution in [0.3, 0.4) is 0 Å². The fourth-order valence-electron chi connectivity index (χ4n) is 3.75. The summed E-state index contributed by atoms with van der Waals surface area (Å²) in [6.45, 7) is 0. The molecular formula is C24H23N3O7S. The molecule has 0 saturated heterocycles. The predicted octanol–water partition coefficient (Wildman–Crippen LogP) is 3.23. The number of H-pyrrole nitrogens is 1. The summed E-state index contributed by atoms with van der Waals surface area (Å²) in [7, 11) is -1.05. The van der Waals surface area contributed by atoms with Crippen LogP contribution < -0.4 is 14.8 Å². The average Bonchev–Trinajstić information content (AvgIpc) is 3.29. The number of carboxylic acid groups (broad SMARTS) is 1. The molecule has 35 heavy (non-hydrogen) atoms. The van der Waals surface area contributed by atoms with E-state index in [-0.39, 0.29) is 33.5 Å². The Labute approximate surface area is 201 Å². The number of fused-ring (bicyclic) bond motifs is 1. The van der Waals surface area contributed by atoms with E-state index in [1.807, 2.05) is 0 Å². The molecular weight excluding hydrogens is 474 g/mol.